The molecular weight excluding hydrogens is 271 g/mol. The number of carboxylic acid groups (broad SMARTS) is 1. The van der Waals surface area contributed by atoms with Crippen LogP contribution in [-0.4, -0.2) is 57.5 Å². The van der Waals surface area contributed by atoms with Crippen molar-refractivity contribution in [1.82, 2.24) is 4.90 Å². The zero-order chi connectivity index (χ0) is 14.9. The van der Waals surface area contributed by atoms with Gasteiger partial charge in [0.1, 0.15) is 5.82 Å². The van der Waals surface area contributed by atoms with Crippen molar-refractivity contribution in [3.8, 4) is 0 Å². The summed E-state index contributed by atoms with van der Waals surface area (Å²) >= 11 is 0. The van der Waals surface area contributed by atoms with Crippen molar-refractivity contribution in [2.75, 3.05) is 18.4 Å². The number of amides is 2. The summed E-state index contributed by atoms with van der Waals surface area (Å²) in [5, 5.41) is 29.8. The van der Waals surface area contributed by atoms with Gasteiger partial charge in [-0.2, -0.15) is 0 Å². The van der Waals surface area contributed by atoms with Crippen molar-refractivity contribution in [3.63, 3.8) is 0 Å². The van der Waals surface area contributed by atoms with Crippen molar-refractivity contribution in [2.24, 2.45) is 0 Å². The van der Waals surface area contributed by atoms with Crippen LogP contribution in [0.3, 0.4) is 0 Å². The number of carbonyl (C=O) groups is 2. The molecule has 1 fully saturated rings. The number of carbonyl (C=O) groups excluding carboxylic acids is 1. The number of carboxylic acids is 1. The van der Waals surface area contributed by atoms with Crippen LogP contribution in [0.4, 0.5) is 14.9 Å². The first-order chi connectivity index (χ1) is 9.40. The van der Waals surface area contributed by atoms with E-state index in [2.05, 4.69) is 5.32 Å². The van der Waals surface area contributed by atoms with E-state index in [1.165, 1.54) is 6.07 Å². The highest BCUT2D eigenvalue weighted by molar-refractivity contribution is 6.00. The first-order valence-corrected chi connectivity index (χ1v) is 5.84. The quantitative estimate of drug-likeness (QED) is 0.615. The lowest BCUT2D eigenvalue weighted by atomic mass is 10.1. The molecule has 1 saturated heterocycles. The first kappa shape index (κ1) is 14.2. The van der Waals surface area contributed by atoms with E-state index in [0.717, 1.165) is 17.0 Å². The Morgan fingerprint density at radius 3 is 2.40 bits per heavy atom. The van der Waals surface area contributed by atoms with Crippen molar-refractivity contribution in [2.45, 2.75) is 12.2 Å². The average molecular weight is 284 g/mol. The van der Waals surface area contributed by atoms with Crippen LogP contribution < -0.4 is 5.32 Å². The number of β-amino-alcohol motifs (C(OH)–C–C–N with tert-alkyl or cyclic N) is 2. The number of aliphatic hydroxyl groups excluding tert-OH is 2. The van der Waals surface area contributed by atoms with E-state index < -0.39 is 35.7 Å². The molecule has 20 heavy (non-hydrogen) atoms. The van der Waals surface area contributed by atoms with Gasteiger partial charge in [0.15, 0.2) is 0 Å². The van der Waals surface area contributed by atoms with Gasteiger partial charge >= 0.3 is 12.0 Å². The fourth-order valence-electron chi connectivity index (χ4n) is 1.95. The maximum absolute atomic E-state index is 13.6. The standard InChI is InChI=1S/C12H13FN2O5/c13-7-3-1-2-6(11(18)19)10(7)14-12(20)15-4-8(16)9(17)5-15/h1-3,8-9,16-17H,4-5H2,(H,14,20)(H,18,19). The van der Waals surface area contributed by atoms with Crippen LogP contribution in [0.5, 0.6) is 0 Å². The molecule has 2 unspecified atom stereocenters. The van der Waals surface area contributed by atoms with Gasteiger partial charge in [0, 0.05) is 0 Å². The second kappa shape index (κ2) is 5.43. The number of nitrogens with zero attached hydrogens (tertiary/aromatic N) is 1. The summed E-state index contributed by atoms with van der Waals surface area (Å²) in [6, 6.07) is 2.62. The van der Waals surface area contributed by atoms with Gasteiger partial charge in [-0.1, -0.05) is 6.07 Å². The Kier molecular flexibility index (Phi) is 3.86. The fourth-order valence-corrected chi connectivity index (χ4v) is 1.95. The minimum absolute atomic E-state index is 0.107. The van der Waals surface area contributed by atoms with Gasteiger partial charge in [-0.3, -0.25) is 0 Å². The molecule has 7 nitrogen and oxygen atoms in total. The lowest BCUT2D eigenvalue weighted by Gasteiger charge is -2.17. The van der Waals surface area contributed by atoms with Gasteiger partial charge in [0.05, 0.1) is 36.5 Å². The number of hydrogen-bond acceptors (Lipinski definition) is 4. The van der Waals surface area contributed by atoms with Crippen LogP contribution in [-0.2, 0) is 0 Å². The van der Waals surface area contributed by atoms with Gasteiger partial charge in [-0.15, -0.1) is 0 Å². The Balaban J connectivity index is 2.18. The van der Waals surface area contributed by atoms with Crippen molar-refractivity contribution in [1.29, 1.82) is 0 Å². The number of hydrogen-bond donors (Lipinski definition) is 4. The van der Waals surface area contributed by atoms with Gasteiger partial charge in [0.2, 0.25) is 0 Å². The van der Waals surface area contributed by atoms with Crippen LogP contribution in [0.25, 0.3) is 0 Å². The van der Waals surface area contributed by atoms with Crippen LogP contribution in [0.1, 0.15) is 10.4 Å². The molecule has 108 valence electrons. The summed E-state index contributed by atoms with van der Waals surface area (Å²) in [5.74, 6) is -2.25. The molecule has 0 radical (unpaired) electrons. The van der Waals surface area contributed by atoms with Crippen molar-refractivity contribution < 1.29 is 29.3 Å². The molecule has 1 aliphatic heterocycles. The number of para-hydroxylation sites is 1. The third kappa shape index (κ3) is 2.70. The maximum atomic E-state index is 13.6. The Bertz CT molecular complexity index is 541. The summed E-state index contributed by atoms with van der Waals surface area (Å²) in [6.07, 6.45) is -2.14. The van der Waals surface area contributed by atoms with E-state index in [0.29, 0.717) is 0 Å². The number of benzene rings is 1. The molecule has 0 aromatic heterocycles. The van der Waals surface area contributed by atoms with Gasteiger partial charge in [-0.25, -0.2) is 14.0 Å². The number of aromatic carboxylic acids is 1. The molecule has 1 aromatic rings. The first-order valence-electron chi connectivity index (χ1n) is 5.84. The molecular formula is C12H13FN2O5. The molecule has 0 spiro atoms. The summed E-state index contributed by atoms with van der Waals surface area (Å²) in [6.45, 7) is -0.215. The van der Waals surface area contributed by atoms with Gasteiger partial charge in [0.25, 0.3) is 0 Å². The number of urea groups is 1. The minimum Gasteiger partial charge on any atom is -0.478 e. The Hall–Kier alpha value is -2.19. The number of nitrogens with one attached hydrogen (secondary N) is 1. The number of halogens is 1. The lowest BCUT2D eigenvalue weighted by Crippen LogP contribution is -2.34. The van der Waals surface area contributed by atoms with Crippen LogP contribution in [0.15, 0.2) is 18.2 Å². The predicted octanol–water partition coefficient (Wildman–Crippen LogP) is 0.0932. The molecule has 0 saturated carbocycles. The smallest absolute Gasteiger partial charge is 0.337 e. The molecule has 1 heterocycles. The number of aliphatic hydroxyl groups is 2. The SMILES string of the molecule is O=C(O)c1cccc(F)c1NC(=O)N1CC(O)C(O)C1. The van der Waals surface area contributed by atoms with Gasteiger partial charge in [-0.05, 0) is 12.1 Å². The Labute approximate surface area is 113 Å². The average Bonchev–Trinajstić information content (AvgIpc) is 2.72. The maximum Gasteiger partial charge on any atom is 0.337 e. The summed E-state index contributed by atoms with van der Waals surface area (Å²) in [4.78, 5) is 23.9. The summed E-state index contributed by atoms with van der Waals surface area (Å²) in [5.41, 5.74) is -0.820. The van der Waals surface area contributed by atoms with Gasteiger partial charge < -0.3 is 25.5 Å². The molecule has 1 aliphatic rings. The monoisotopic (exact) mass is 284 g/mol. The third-order valence-electron chi connectivity index (χ3n) is 3.02. The summed E-state index contributed by atoms with van der Waals surface area (Å²) in [7, 11) is 0. The molecule has 0 bridgehead atoms. The highest BCUT2D eigenvalue weighted by Gasteiger charge is 2.33. The highest BCUT2D eigenvalue weighted by atomic mass is 19.1. The molecule has 8 heteroatoms. The number of anilines is 1. The van der Waals surface area contributed by atoms with E-state index in [-0.39, 0.29) is 18.7 Å². The Morgan fingerprint density at radius 2 is 1.85 bits per heavy atom. The van der Waals surface area contributed by atoms with Crippen LogP contribution in [0.2, 0.25) is 0 Å². The van der Waals surface area contributed by atoms with E-state index in [1.807, 2.05) is 0 Å². The van der Waals surface area contributed by atoms with Crippen LogP contribution >= 0.6 is 0 Å². The Morgan fingerprint density at radius 1 is 1.25 bits per heavy atom. The second-order valence-electron chi connectivity index (χ2n) is 4.44. The molecule has 2 rings (SSSR count). The normalized spacial score (nSPS) is 21.9. The molecule has 4 N–H and O–H groups in total. The van der Waals surface area contributed by atoms with Crippen LogP contribution in [0, 0.1) is 5.82 Å². The third-order valence-corrected chi connectivity index (χ3v) is 3.02. The van der Waals surface area contributed by atoms with E-state index >= 15 is 0 Å². The second-order valence-corrected chi connectivity index (χ2v) is 4.44. The van der Waals surface area contributed by atoms with Crippen molar-refractivity contribution >= 4 is 17.7 Å². The van der Waals surface area contributed by atoms with Crippen molar-refractivity contribution in [3.05, 3.63) is 29.6 Å². The van der Waals surface area contributed by atoms with E-state index in [9.17, 15) is 24.2 Å². The zero-order valence-electron chi connectivity index (χ0n) is 10.3. The number of likely N-dealkylation sites (tertiary alicyclic amines) is 1. The highest BCUT2D eigenvalue weighted by Crippen LogP contribution is 2.21. The summed E-state index contributed by atoms with van der Waals surface area (Å²) < 4.78 is 13.6. The zero-order valence-corrected chi connectivity index (χ0v) is 10.3. The molecule has 2 amide bonds. The molecule has 0 aliphatic carbocycles. The lowest BCUT2D eigenvalue weighted by molar-refractivity contribution is 0.0572. The molecule has 2 atom stereocenters. The predicted molar refractivity (Wildman–Crippen MR) is 66.0 cm³/mol. The van der Waals surface area contributed by atoms with E-state index in [1.54, 1.807) is 0 Å². The number of rotatable bonds is 2. The molecule has 1 aromatic carbocycles. The fraction of sp³-hybridized carbons (Fsp3) is 0.333. The topological polar surface area (TPSA) is 110 Å². The minimum atomic E-state index is -1.37. The van der Waals surface area contributed by atoms with E-state index in [4.69, 9.17) is 5.11 Å². The largest absolute Gasteiger partial charge is 0.478 e.